The lowest BCUT2D eigenvalue weighted by Gasteiger charge is -2.09. The van der Waals surface area contributed by atoms with Crippen LogP contribution < -0.4 is 20.4 Å². The van der Waals surface area contributed by atoms with Crippen LogP contribution in [0.2, 0.25) is 0 Å². The Hall–Kier alpha value is -3.15. The molecule has 0 fully saturated rings. The summed E-state index contributed by atoms with van der Waals surface area (Å²) in [4.78, 5) is -0.0666. The van der Waals surface area contributed by atoms with Gasteiger partial charge in [0.2, 0.25) is 5.96 Å². The number of ether oxygens (including phenoxy) is 2. The number of guanidine groups is 1. The highest BCUT2D eigenvalue weighted by Crippen LogP contribution is 2.29. The van der Waals surface area contributed by atoms with Gasteiger partial charge in [-0.25, -0.2) is 10.9 Å². The standard InChI is InChI=1S/C10H14N4O3.C7H8O3S/c1-16-8-5-3-4-7(9(8)17-2)6-12-13-10(11)14-15;1-6-2-4-7(5-3-6)11(8,9)10/h3-6,15H,1-2H3,(H3,11,13,14);2-5H,1H3,(H,8,9,10). The van der Waals surface area contributed by atoms with Gasteiger partial charge < -0.3 is 9.47 Å². The molecule has 0 heterocycles. The van der Waals surface area contributed by atoms with Gasteiger partial charge in [0.05, 0.1) is 25.3 Å². The minimum atomic E-state index is -4.02. The first-order chi connectivity index (χ1) is 13.2. The summed E-state index contributed by atoms with van der Waals surface area (Å²) in [5.41, 5.74) is 5.51. The van der Waals surface area contributed by atoms with E-state index in [1.54, 1.807) is 42.9 Å². The number of para-hydroxylation sites is 1. The summed E-state index contributed by atoms with van der Waals surface area (Å²) in [5, 5.41) is 19.1. The van der Waals surface area contributed by atoms with Crippen molar-refractivity contribution in [3.8, 4) is 11.5 Å². The molecule has 0 atom stereocenters. The predicted octanol–water partition coefficient (Wildman–Crippen LogP) is 1.78. The van der Waals surface area contributed by atoms with Crippen molar-refractivity contribution in [2.45, 2.75) is 11.8 Å². The van der Waals surface area contributed by atoms with Crippen molar-refractivity contribution in [3.05, 3.63) is 53.6 Å². The molecule has 0 radical (unpaired) electrons. The van der Waals surface area contributed by atoms with Gasteiger partial charge >= 0.3 is 0 Å². The van der Waals surface area contributed by atoms with E-state index in [9.17, 15) is 8.42 Å². The molecule has 5 N–H and O–H groups in total. The van der Waals surface area contributed by atoms with Crippen LogP contribution in [0.3, 0.4) is 0 Å². The quantitative estimate of drug-likeness (QED) is 0.216. The smallest absolute Gasteiger partial charge is 0.294 e. The number of nitrogens with one attached hydrogen (secondary N) is 3. The Morgan fingerprint density at radius 2 is 1.79 bits per heavy atom. The van der Waals surface area contributed by atoms with E-state index >= 15 is 0 Å². The Kier molecular flexibility index (Phi) is 8.88. The molecule has 0 bridgehead atoms. The molecule has 0 aromatic heterocycles. The number of rotatable bonds is 5. The second-order valence-electron chi connectivity index (χ2n) is 5.23. The van der Waals surface area contributed by atoms with Crippen LogP contribution in [-0.4, -0.2) is 44.6 Å². The number of benzene rings is 2. The van der Waals surface area contributed by atoms with Crippen LogP contribution in [0.25, 0.3) is 0 Å². The number of hydrazone groups is 1. The molecule has 10 nitrogen and oxygen atoms in total. The van der Waals surface area contributed by atoms with Gasteiger partial charge in [0.25, 0.3) is 10.1 Å². The highest BCUT2D eigenvalue weighted by atomic mass is 32.2. The van der Waals surface area contributed by atoms with Crippen LogP contribution in [0, 0.1) is 12.3 Å². The first kappa shape index (κ1) is 22.9. The van der Waals surface area contributed by atoms with Crippen LogP contribution in [-0.2, 0) is 10.1 Å². The second kappa shape index (κ2) is 10.9. The molecule has 0 aliphatic heterocycles. The molecule has 0 saturated carbocycles. The highest BCUT2D eigenvalue weighted by molar-refractivity contribution is 7.85. The van der Waals surface area contributed by atoms with Crippen molar-refractivity contribution in [2.24, 2.45) is 5.10 Å². The number of methoxy groups -OCH3 is 2. The summed E-state index contributed by atoms with van der Waals surface area (Å²) in [6, 6.07) is 11.3. The van der Waals surface area contributed by atoms with Gasteiger partial charge in [0.15, 0.2) is 11.5 Å². The fourth-order valence-corrected chi connectivity index (χ4v) is 2.40. The van der Waals surface area contributed by atoms with E-state index in [1.165, 1.54) is 25.5 Å². The first-order valence-electron chi connectivity index (χ1n) is 7.75. The molecule has 11 heteroatoms. The molecule has 0 amide bonds. The Morgan fingerprint density at radius 3 is 2.29 bits per heavy atom. The maximum atomic E-state index is 10.5. The lowest BCUT2D eigenvalue weighted by atomic mass is 10.2. The van der Waals surface area contributed by atoms with Gasteiger partial charge in [-0.3, -0.25) is 15.2 Å². The van der Waals surface area contributed by atoms with Crippen LogP contribution in [0.15, 0.2) is 52.5 Å². The van der Waals surface area contributed by atoms with Crippen LogP contribution in [0.4, 0.5) is 0 Å². The van der Waals surface area contributed by atoms with Gasteiger partial charge in [-0.1, -0.05) is 23.8 Å². The van der Waals surface area contributed by atoms with Gasteiger partial charge in [0, 0.05) is 5.56 Å². The molecule has 0 aliphatic rings. The summed E-state index contributed by atoms with van der Waals surface area (Å²) in [7, 11) is -0.948. The van der Waals surface area contributed by atoms with Gasteiger partial charge in [-0.05, 0) is 31.2 Å². The average molecular weight is 410 g/mol. The van der Waals surface area contributed by atoms with Gasteiger partial charge in [-0.2, -0.15) is 13.5 Å². The Bertz CT molecular complexity index is 914. The Balaban J connectivity index is 0.000000307. The molecule has 28 heavy (non-hydrogen) atoms. The maximum Gasteiger partial charge on any atom is 0.294 e. The zero-order valence-corrected chi connectivity index (χ0v) is 16.3. The zero-order valence-electron chi connectivity index (χ0n) is 15.5. The second-order valence-corrected chi connectivity index (χ2v) is 6.65. The lowest BCUT2D eigenvalue weighted by Crippen LogP contribution is -2.30. The number of hydrogen-bond acceptors (Lipinski definition) is 7. The van der Waals surface area contributed by atoms with Crippen molar-refractivity contribution in [2.75, 3.05) is 14.2 Å². The van der Waals surface area contributed by atoms with E-state index in [1.807, 2.05) is 6.92 Å². The van der Waals surface area contributed by atoms with Crippen molar-refractivity contribution in [1.29, 1.82) is 5.41 Å². The van der Waals surface area contributed by atoms with Gasteiger partial charge in [-0.15, -0.1) is 0 Å². The third kappa shape index (κ3) is 7.23. The first-order valence-corrected chi connectivity index (χ1v) is 9.19. The molecule has 0 saturated heterocycles. The zero-order chi connectivity index (χ0) is 21.2. The summed E-state index contributed by atoms with van der Waals surface area (Å²) in [6.45, 7) is 1.84. The van der Waals surface area contributed by atoms with E-state index in [0.29, 0.717) is 17.1 Å². The Morgan fingerprint density at radius 1 is 1.14 bits per heavy atom. The fourth-order valence-electron chi connectivity index (χ4n) is 1.92. The number of nitrogens with zero attached hydrogens (tertiary/aromatic N) is 1. The molecule has 2 aromatic rings. The molecule has 2 rings (SSSR count). The molecule has 0 aliphatic carbocycles. The van der Waals surface area contributed by atoms with E-state index in [-0.39, 0.29) is 10.9 Å². The highest BCUT2D eigenvalue weighted by Gasteiger charge is 2.07. The van der Waals surface area contributed by atoms with Gasteiger partial charge in [0.1, 0.15) is 0 Å². The third-order valence-corrected chi connectivity index (χ3v) is 4.11. The summed E-state index contributed by atoms with van der Waals surface area (Å²) < 4.78 is 39.9. The lowest BCUT2D eigenvalue weighted by molar-refractivity contribution is 0.228. The predicted molar refractivity (Wildman–Crippen MR) is 104 cm³/mol. The van der Waals surface area contributed by atoms with Crippen molar-refractivity contribution >= 4 is 22.3 Å². The molecule has 152 valence electrons. The monoisotopic (exact) mass is 410 g/mol. The number of hydroxylamine groups is 1. The summed E-state index contributed by atoms with van der Waals surface area (Å²) in [6.07, 6.45) is 1.45. The van der Waals surface area contributed by atoms with Crippen LogP contribution in [0.5, 0.6) is 11.5 Å². The summed E-state index contributed by atoms with van der Waals surface area (Å²) >= 11 is 0. The molecular weight excluding hydrogens is 388 g/mol. The van der Waals surface area contributed by atoms with E-state index in [4.69, 9.17) is 24.6 Å². The molecule has 0 spiro atoms. The topological polar surface area (TPSA) is 153 Å². The minimum absolute atomic E-state index is 0.0666. The molecule has 2 aromatic carbocycles. The largest absolute Gasteiger partial charge is 0.493 e. The van der Waals surface area contributed by atoms with Crippen LogP contribution in [0.1, 0.15) is 11.1 Å². The third-order valence-electron chi connectivity index (χ3n) is 3.24. The number of hydrogen-bond donors (Lipinski definition) is 5. The summed E-state index contributed by atoms with van der Waals surface area (Å²) in [5.74, 6) is 0.805. The van der Waals surface area contributed by atoms with E-state index in [2.05, 4.69) is 10.5 Å². The molecular formula is C17H22N4O6S. The maximum absolute atomic E-state index is 10.5. The number of aryl methyl sites for hydroxylation is 1. The van der Waals surface area contributed by atoms with Crippen molar-refractivity contribution in [1.82, 2.24) is 10.9 Å². The minimum Gasteiger partial charge on any atom is -0.493 e. The van der Waals surface area contributed by atoms with Crippen LogP contribution >= 0.6 is 0 Å². The average Bonchev–Trinajstić information content (AvgIpc) is 2.67. The van der Waals surface area contributed by atoms with Crippen molar-refractivity contribution in [3.63, 3.8) is 0 Å². The normalized spacial score (nSPS) is 10.6. The van der Waals surface area contributed by atoms with E-state index in [0.717, 1.165) is 5.56 Å². The SMILES string of the molecule is COc1cccc(C=NNC(=N)NO)c1OC.Cc1ccc(S(=O)(=O)O)cc1. The van der Waals surface area contributed by atoms with E-state index < -0.39 is 10.1 Å². The van der Waals surface area contributed by atoms with Crippen molar-refractivity contribution < 1.29 is 27.7 Å². The molecule has 0 unspecified atom stereocenters. The fraction of sp³-hybridized carbons (Fsp3) is 0.176. The Labute approximate surface area is 163 Å².